The van der Waals surface area contributed by atoms with E-state index in [4.69, 9.17) is 5.26 Å². The van der Waals surface area contributed by atoms with E-state index in [9.17, 15) is 9.18 Å². The molecule has 0 bridgehead atoms. The van der Waals surface area contributed by atoms with Gasteiger partial charge in [0.2, 0.25) is 5.91 Å². The van der Waals surface area contributed by atoms with Crippen LogP contribution in [0.5, 0.6) is 0 Å². The van der Waals surface area contributed by atoms with E-state index in [1.165, 1.54) is 19.2 Å². The van der Waals surface area contributed by atoms with Crippen molar-refractivity contribution in [1.82, 2.24) is 9.88 Å². The predicted molar refractivity (Wildman–Crippen MR) is 63.4 cm³/mol. The lowest BCUT2D eigenvalue weighted by Crippen LogP contribution is -2.48. The summed E-state index contributed by atoms with van der Waals surface area (Å²) in [5.41, 5.74) is 0.207. The van der Waals surface area contributed by atoms with Gasteiger partial charge in [0.25, 0.3) is 0 Å². The second kappa shape index (κ2) is 5.00. The molecule has 0 saturated carbocycles. The molecule has 2 rings (SSSR count). The summed E-state index contributed by atoms with van der Waals surface area (Å²) in [7, 11) is 0. The molecule has 1 aromatic rings. The molecule has 0 aliphatic carbocycles. The zero-order chi connectivity index (χ0) is 13.1. The highest BCUT2D eigenvalue weighted by molar-refractivity contribution is 5.73. The summed E-state index contributed by atoms with van der Waals surface area (Å²) in [5, 5.41) is 8.64. The van der Waals surface area contributed by atoms with Gasteiger partial charge in [-0.2, -0.15) is 5.26 Å². The van der Waals surface area contributed by atoms with E-state index in [1.54, 1.807) is 9.80 Å². The van der Waals surface area contributed by atoms with Crippen molar-refractivity contribution in [2.24, 2.45) is 0 Å². The second-order valence-electron chi connectivity index (χ2n) is 4.13. The molecular weight excluding hydrogens is 235 g/mol. The lowest BCUT2D eigenvalue weighted by molar-refractivity contribution is -0.129. The highest BCUT2D eigenvalue weighted by Gasteiger charge is 2.21. The van der Waals surface area contributed by atoms with Gasteiger partial charge in [-0.15, -0.1) is 0 Å². The molecular formula is C12H13FN4O. The van der Waals surface area contributed by atoms with Crippen LogP contribution in [0.1, 0.15) is 12.5 Å². The number of anilines is 1. The van der Waals surface area contributed by atoms with Crippen LogP contribution in [0, 0.1) is 17.1 Å². The van der Waals surface area contributed by atoms with Crippen molar-refractivity contribution in [2.45, 2.75) is 6.92 Å². The first-order valence-electron chi connectivity index (χ1n) is 5.68. The lowest BCUT2D eigenvalue weighted by Gasteiger charge is -2.34. The molecule has 0 atom stereocenters. The molecule has 0 spiro atoms. The third-order valence-electron chi connectivity index (χ3n) is 2.98. The first-order chi connectivity index (χ1) is 8.61. The maximum Gasteiger partial charge on any atom is 0.219 e. The Hall–Kier alpha value is -2.16. The number of halogens is 1. The molecule has 1 amide bonds. The Balaban J connectivity index is 2.10. The van der Waals surface area contributed by atoms with Gasteiger partial charge in [0.15, 0.2) is 11.6 Å². The third-order valence-corrected chi connectivity index (χ3v) is 2.98. The van der Waals surface area contributed by atoms with E-state index >= 15 is 0 Å². The molecule has 94 valence electrons. The van der Waals surface area contributed by atoms with Crippen molar-refractivity contribution in [3.05, 3.63) is 23.6 Å². The summed E-state index contributed by atoms with van der Waals surface area (Å²) in [6.07, 6.45) is 1.36. The van der Waals surface area contributed by atoms with E-state index < -0.39 is 5.82 Å². The van der Waals surface area contributed by atoms with E-state index in [2.05, 4.69) is 4.98 Å². The summed E-state index contributed by atoms with van der Waals surface area (Å²) in [4.78, 5) is 18.6. The summed E-state index contributed by atoms with van der Waals surface area (Å²) < 4.78 is 13.7. The molecule has 2 heterocycles. The Kier molecular flexibility index (Phi) is 3.42. The fraction of sp³-hybridized carbons (Fsp3) is 0.417. The molecule has 1 saturated heterocycles. The second-order valence-corrected chi connectivity index (χ2v) is 4.13. The zero-order valence-electron chi connectivity index (χ0n) is 10.1. The van der Waals surface area contributed by atoms with Crippen molar-refractivity contribution < 1.29 is 9.18 Å². The van der Waals surface area contributed by atoms with Crippen LogP contribution in [0.2, 0.25) is 0 Å². The SMILES string of the molecule is CC(=O)N1CCN(c2ncc(C#N)cc2F)CC1. The van der Waals surface area contributed by atoms with Crippen molar-refractivity contribution in [3.63, 3.8) is 0 Å². The normalized spacial score (nSPS) is 15.4. The minimum Gasteiger partial charge on any atom is -0.351 e. The standard InChI is InChI=1S/C12H13FN4O/c1-9(18)16-2-4-17(5-3-16)12-11(13)6-10(7-14)8-15-12/h6,8H,2-5H2,1H3. The number of aromatic nitrogens is 1. The quantitative estimate of drug-likeness (QED) is 0.736. The van der Waals surface area contributed by atoms with Gasteiger partial charge in [0.05, 0.1) is 5.56 Å². The fourth-order valence-corrected chi connectivity index (χ4v) is 1.96. The molecule has 0 radical (unpaired) electrons. The summed E-state index contributed by atoms with van der Waals surface area (Å²) in [5.74, 6) is -0.217. The van der Waals surface area contributed by atoms with Crippen molar-refractivity contribution in [3.8, 4) is 6.07 Å². The predicted octanol–water partition coefficient (Wildman–Crippen LogP) is 0.761. The monoisotopic (exact) mass is 248 g/mol. The van der Waals surface area contributed by atoms with Crippen LogP contribution in [-0.4, -0.2) is 42.0 Å². The lowest BCUT2D eigenvalue weighted by atomic mass is 10.2. The van der Waals surface area contributed by atoms with E-state index in [0.29, 0.717) is 26.2 Å². The number of carbonyl (C=O) groups is 1. The van der Waals surface area contributed by atoms with E-state index in [0.717, 1.165) is 0 Å². The number of hydrogen-bond donors (Lipinski definition) is 0. The van der Waals surface area contributed by atoms with Crippen LogP contribution >= 0.6 is 0 Å². The van der Waals surface area contributed by atoms with Crippen LogP contribution in [0.4, 0.5) is 10.2 Å². The largest absolute Gasteiger partial charge is 0.351 e. The van der Waals surface area contributed by atoms with Crippen LogP contribution in [0.15, 0.2) is 12.3 Å². The summed E-state index contributed by atoms with van der Waals surface area (Å²) in [6.45, 7) is 3.76. The minimum absolute atomic E-state index is 0.0305. The summed E-state index contributed by atoms with van der Waals surface area (Å²) >= 11 is 0. The maximum atomic E-state index is 13.7. The highest BCUT2D eigenvalue weighted by atomic mass is 19.1. The highest BCUT2D eigenvalue weighted by Crippen LogP contribution is 2.18. The van der Waals surface area contributed by atoms with Gasteiger partial charge in [-0.3, -0.25) is 4.79 Å². The van der Waals surface area contributed by atoms with Crippen molar-refractivity contribution >= 4 is 11.7 Å². The number of pyridine rings is 1. The summed E-state index contributed by atoms with van der Waals surface area (Å²) in [6, 6.07) is 3.03. The van der Waals surface area contributed by atoms with Gasteiger partial charge in [-0.05, 0) is 6.07 Å². The Bertz CT molecular complexity index is 503. The molecule has 1 aliphatic heterocycles. The van der Waals surface area contributed by atoms with Crippen LogP contribution < -0.4 is 4.90 Å². The number of rotatable bonds is 1. The number of piperazine rings is 1. The number of nitriles is 1. The average molecular weight is 248 g/mol. The molecule has 5 nitrogen and oxygen atoms in total. The van der Waals surface area contributed by atoms with Gasteiger partial charge >= 0.3 is 0 Å². The average Bonchev–Trinajstić information content (AvgIpc) is 2.38. The van der Waals surface area contributed by atoms with Gasteiger partial charge in [-0.1, -0.05) is 0 Å². The van der Waals surface area contributed by atoms with Gasteiger partial charge in [0, 0.05) is 39.3 Å². The molecule has 6 heteroatoms. The smallest absolute Gasteiger partial charge is 0.219 e. The maximum absolute atomic E-state index is 13.7. The molecule has 18 heavy (non-hydrogen) atoms. The van der Waals surface area contributed by atoms with Gasteiger partial charge in [0.1, 0.15) is 6.07 Å². The zero-order valence-corrected chi connectivity index (χ0v) is 10.1. The Morgan fingerprint density at radius 1 is 1.44 bits per heavy atom. The molecule has 0 N–H and O–H groups in total. The fourth-order valence-electron chi connectivity index (χ4n) is 1.96. The van der Waals surface area contributed by atoms with E-state index in [-0.39, 0.29) is 17.3 Å². The van der Waals surface area contributed by atoms with Crippen LogP contribution in [-0.2, 0) is 4.79 Å². The first kappa shape index (κ1) is 12.3. The molecule has 0 aromatic carbocycles. The molecule has 1 aromatic heterocycles. The Morgan fingerprint density at radius 3 is 2.61 bits per heavy atom. The Morgan fingerprint density at radius 2 is 2.11 bits per heavy atom. The van der Waals surface area contributed by atoms with Crippen LogP contribution in [0.25, 0.3) is 0 Å². The number of carbonyl (C=O) groups excluding carboxylic acids is 1. The minimum atomic E-state index is -0.495. The topological polar surface area (TPSA) is 60.2 Å². The van der Waals surface area contributed by atoms with E-state index in [1.807, 2.05) is 6.07 Å². The third kappa shape index (κ3) is 2.40. The number of nitrogens with zero attached hydrogens (tertiary/aromatic N) is 4. The molecule has 1 aliphatic rings. The molecule has 0 unspecified atom stereocenters. The van der Waals surface area contributed by atoms with Crippen molar-refractivity contribution in [2.75, 3.05) is 31.1 Å². The molecule has 1 fully saturated rings. The first-order valence-corrected chi connectivity index (χ1v) is 5.68. The van der Waals surface area contributed by atoms with Crippen molar-refractivity contribution in [1.29, 1.82) is 5.26 Å². The van der Waals surface area contributed by atoms with Gasteiger partial charge in [-0.25, -0.2) is 9.37 Å². The number of hydrogen-bond acceptors (Lipinski definition) is 4. The van der Waals surface area contributed by atoms with Crippen LogP contribution in [0.3, 0.4) is 0 Å². The number of amides is 1. The Labute approximate surface area is 104 Å². The van der Waals surface area contributed by atoms with Gasteiger partial charge < -0.3 is 9.80 Å².